The highest BCUT2D eigenvalue weighted by atomic mass is 79.9. The zero-order valence-corrected chi connectivity index (χ0v) is 13.0. The molecule has 0 fully saturated rings. The molecule has 0 atom stereocenters. The van der Waals surface area contributed by atoms with Gasteiger partial charge in [0.2, 0.25) is 5.88 Å². The Balaban J connectivity index is 2.02. The van der Waals surface area contributed by atoms with Gasteiger partial charge in [0.25, 0.3) is 0 Å². The summed E-state index contributed by atoms with van der Waals surface area (Å²) in [5.74, 6) is 0.916. The predicted octanol–water partition coefficient (Wildman–Crippen LogP) is 3.97. The van der Waals surface area contributed by atoms with Gasteiger partial charge >= 0.3 is 0 Å². The van der Waals surface area contributed by atoms with Crippen LogP contribution in [0.5, 0.6) is 11.6 Å². The lowest BCUT2D eigenvalue weighted by molar-refractivity contribution is 0.454. The van der Waals surface area contributed by atoms with Crippen molar-refractivity contribution >= 4 is 21.6 Å². The van der Waals surface area contributed by atoms with E-state index >= 15 is 0 Å². The van der Waals surface area contributed by atoms with Crippen LogP contribution in [0.1, 0.15) is 29.7 Å². The topological polar surface area (TPSA) is 71.9 Å². The van der Waals surface area contributed by atoms with E-state index in [2.05, 4.69) is 27.0 Å². The Morgan fingerprint density at radius 3 is 2.86 bits per heavy atom. The number of aryl methyl sites for hydroxylation is 2. The number of halogens is 1. The standard InChI is InChI=1S/C16H14BrN3O/c17-13-6-5-12(19)8-15(13)21-16-11(9-18)7-10-3-1-2-4-14(10)20-16/h5-8H,1-4,19H2. The van der Waals surface area contributed by atoms with Crippen LogP contribution in [0, 0.1) is 11.3 Å². The van der Waals surface area contributed by atoms with Crippen LogP contribution in [0.2, 0.25) is 0 Å². The van der Waals surface area contributed by atoms with Gasteiger partial charge in [-0.2, -0.15) is 5.26 Å². The summed E-state index contributed by atoms with van der Waals surface area (Å²) in [4.78, 5) is 4.54. The van der Waals surface area contributed by atoms with Crippen LogP contribution in [-0.4, -0.2) is 4.98 Å². The third-order valence-electron chi connectivity index (χ3n) is 3.55. The Morgan fingerprint density at radius 2 is 2.05 bits per heavy atom. The first kappa shape index (κ1) is 13.9. The average molecular weight is 344 g/mol. The SMILES string of the molecule is N#Cc1cc2c(nc1Oc1cc(N)ccc1Br)CCCC2. The monoisotopic (exact) mass is 343 g/mol. The van der Waals surface area contributed by atoms with Crippen LogP contribution >= 0.6 is 15.9 Å². The molecule has 106 valence electrons. The number of fused-ring (bicyclic) bond motifs is 1. The molecule has 0 aliphatic heterocycles. The van der Waals surface area contributed by atoms with Crippen LogP contribution < -0.4 is 10.5 Å². The lowest BCUT2D eigenvalue weighted by Gasteiger charge is -2.17. The second-order valence-electron chi connectivity index (χ2n) is 5.06. The van der Waals surface area contributed by atoms with Crippen molar-refractivity contribution < 1.29 is 4.74 Å². The van der Waals surface area contributed by atoms with Gasteiger partial charge in [0, 0.05) is 17.4 Å². The first-order valence-corrected chi connectivity index (χ1v) is 7.62. The van der Waals surface area contributed by atoms with E-state index in [-0.39, 0.29) is 0 Å². The van der Waals surface area contributed by atoms with Crippen LogP contribution in [0.4, 0.5) is 5.69 Å². The first-order chi connectivity index (χ1) is 10.2. The maximum Gasteiger partial charge on any atom is 0.237 e. The van der Waals surface area contributed by atoms with E-state index in [1.165, 1.54) is 0 Å². The quantitative estimate of drug-likeness (QED) is 0.837. The van der Waals surface area contributed by atoms with E-state index < -0.39 is 0 Å². The van der Waals surface area contributed by atoms with Crippen molar-refractivity contribution in [3.05, 3.63) is 45.6 Å². The molecule has 1 heterocycles. The zero-order chi connectivity index (χ0) is 14.8. The molecule has 0 radical (unpaired) electrons. The minimum atomic E-state index is 0.351. The molecule has 2 aromatic rings. The number of benzene rings is 1. The third-order valence-corrected chi connectivity index (χ3v) is 4.20. The van der Waals surface area contributed by atoms with Crippen molar-refractivity contribution in [1.82, 2.24) is 4.98 Å². The number of aromatic nitrogens is 1. The minimum Gasteiger partial charge on any atom is -0.436 e. The number of hydrogen-bond donors (Lipinski definition) is 1. The molecule has 0 saturated heterocycles. The number of hydrogen-bond acceptors (Lipinski definition) is 4. The molecule has 2 N–H and O–H groups in total. The predicted molar refractivity (Wildman–Crippen MR) is 84.2 cm³/mol. The Kier molecular flexibility index (Phi) is 3.80. The maximum absolute atomic E-state index is 9.32. The highest BCUT2D eigenvalue weighted by Crippen LogP contribution is 2.33. The van der Waals surface area contributed by atoms with Crippen molar-refractivity contribution in [1.29, 1.82) is 5.26 Å². The highest BCUT2D eigenvalue weighted by Gasteiger charge is 2.17. The maximum atomic E-state index is 9.32. The molecule has 1 aromatic heterocycles. The summed E-state index contributed by atoms with van der Waals surface area (Å²) in [5, 5.41) is 9.32. The molecule has 0 unspecified atom stereocenters. The summed E-state index contributed by atoms with van der Waals surface area (Å²) < 4.78 is 6.60. The molecule has 1 aliphatic rings. The van der Waals surface area contributed by atoms with Gasteiger partial charge in [0.15, 0.2) is 0 Å². The molecule has 0 saturated carbocycles. The van der Waals surface area contributed by atoms with Crippen molar-refractivity contribution in [2.24, 2.45) is 0 Å². The molecule has 1 aliphatic carbocycles. The van der Waals surface area contributed by atoms with Gasteiger partial charge in [-0.05, 0) is 65.4 Å². The van der Waals surface area contributed by atoms with Crippen molar-refractivity contribution in [3.8, 4) is 17.7 Å². The molecular weight excluding hydrogens is 330 g/mol. The number of nitriles is 1. The number of ether oxygens (including phenoxy) is 1. The largest absolute Gasteiger partial charge is 0.436 e. The highest BCUT2D eigenvalue weighted by molar-refractivity contribution is 9.10. The first-order valence-electron chi connectivity index (χ1n) is 6.83. The normalized spacial score (nSPS) is 13.3. The van der Waals surface area contributed by atoms with Crippen LogP contribution in [0.25, 0.3) is 0 Å². The van der Waals surface area contributed by atoms with Gasteiger partial charge in [0.1, 0.15) is 17.4 Å². The molecule has 21 heavy (non-hydrogen) atoms. The van der Waals surface area contributed by atoms with E-state index in [9.17, 15) is 5.26 Å². The number of pyridine rings is 1. The average Bonchev–Trinajstić information content (AvgIpc) is 2.50. The lowest BCUT2D eigenvalue weighted by atomic mass is 9.95. The summed E-state index contributed by atoms with van der Waals surface area (Å²) in [7, 11) is 0. The Labute approximate surface area is 131 Å². The number of rotatable bonds is 2. The molecule has 0 spiro atoms. The smallest absolute Gasteiger partial charge is 0.237 e. The molecule has 4 nitrogen and oxygen atoms in total. The van der Waals surface area contributed by atoms with E-state index in [0.717, 1.165) is 41.4 Å². The summed E-state index contributed by atoms with van der Waals surface area (Å²) in [6, 6.07) is 9.38. The van der Waals surface area contributed by atoms with Gasteiger partial charge in [-0.1, -0.05) is 0 Å². The number of nitrogen functional groups attached to an aromatic ring is 1. The Hall–Kier alpha value is -2.06. The van der Waals surface area contributed by atoms with E-state index in [1.807, 2.05) is 12.1 Å². The molecule has 5 heteroatoms. The van der Waals surface area contributed by atoms with Gasteiger partial charge in [-0.3, -0.25) is 0 Å². The van der Waals surface area contributed by atoms with Crippen molar-refractivity contribution in [2.75, 3.05) is 5.73 Å². The van der Waals surface area contributed by atoms with Crippen LogP contribution in [0.3, 0.4) is 0 Å². The van der Waals surface area contributed by atoms with Gasteiger partial charge in [-0.25, -0.2) is 4.98 Å². The molecule has 3 rings (SSSR count). The van der Waals surface area contributed by atoms with Crippen LogP contribution in [0.15, 0.2) is 28.7 Å². The summed E-state index contributed by atoms with van der Waals surface area (Å²) >= 11 is 3.42. The summed E-state index contributed by atoms with van der Waals surface area (Å²) in [5.41, 5.74) is 9.04. The molecular formula is C16H14BrN3O. The fourth-order valence-electron chi connectivity index (χ4n) is 2.47. The van der Waals surface area contributed by atoms with Crippen LogP contribution in [-0.2, 0) is 12.8 Å². The van der Waals surface area contributed by atoms with Gasteiger partial charge in [-0.15, -0.1) is 0 Å². The number of anilines is 1. The van der Waals surface area contributed by atoms with E-state index in [0.29, 0.717) is 22.9 Å². The van der Waals surface area contributed by atoms with Gasteiger partial charge in [0.05, 0.1) is 4.47 Å². The molecule has 1 aromatic carbocycles. The van der Waals surface area contributed by atoms with E-state index in [4.69, 9.17) is 10.5 Å². The van der Waals surface area contributed by atoms with Crippen molar-refractivity contribution in [3.63, 3.8) is 0 Å². The molecule has 0 amide bonds. The second-order valence-corrected chi connectivity index (χ2v) is 5.91. The minimum absolute atomic E-state index is 0.351. The molecule has 0 bridgehead atoms. The fraction of sp³-hybridized carbons (Fsp3) is 0.250. The van der Waals surface area contributed by atoms with Crippen molar-refractivity contribution in [2.45, 2.75) is 25.7 Å². The van der Waals surface area contributed by atoms with Gasteiger partial charge < -0.3 is 10.5 Å². The Bertz CT molecular complexity index is 737. The number of nitrogens with two attached hydrogens (primary N) is 1. The second kappa shape index (κ2) is 5.74. The zero-order valence-electron chi connectivity index (χ0n) is 11.4. The lowest BCUT2D eigenvalue weighted by Crippen LogP contribution is -2.07. The van der Waals surface area contributed by atoms with E-state index in [1.54, 1.807) is 12.1 Å². The summed E-state index contributed by atoms with van der Waals surface area (Å²) in [6.45, 7) is 0. The number of nitrogens with zero attached hydrogens (tertiary/aromatic N) is 2. The Morgan fingerprint density at radius 1 is 1.24 bits per heavy atom. The third kappa shape index (κ3) is 2.86. The summed E-state index contributed by atoms with van der Waals surface area (Å²) in [6.07, 6.45) is 4.21. The fourth-order valence-corrected chi connectivity index (χ4v) is 2.80.